The Bertz CT molecular complexity index is 1470. The molecular weight excluding hydrogens is 481 g/mol. The van der Waals surface area contributed by atoms with Gasteiger partial charge in [-0.25, -0.2) is 17.8 Å². The number of hydrogen-bond donors (Lipinski definition) is 2. The molecule has 5 rings (SSSR count). The first kappa shape index (κ1) is 21.9. The first-order chi connectivity index (χ1) is 16.4. The zero-order valence-electron chi connectivity index (χ0n) is 17.3. The lowest BCUT2D eigenvalue weighted by Gasteiger charge is -2.09. The molecule has 0 saturated carbocycles. The second-order valence-electron chi connectivity index (χ2n) is 7.20. The minimum absolute atomic E-state index is 0.0715. The molecule has 0 atom stereocenters. The second-order valence-corrected chi connectivity index (χ2v) is 9.74. The Balaban J connectivity index is 1.25. The molecule has 0 unspecified atom stereocenters. The lowest BCUT2D eigenvalue weighted by atomic mass is 10.1. The molecule has 11 heteroatoms. The third kappa shape index (κ3) is 4.56. The molecule has 0 spiro atoms. The standard InChI is InChI=1S/C23H16FN3O5S2/c24-16-4-8-18(9-5-16)34(29,30)27-17-6-1-14(2-7-17)22(28)26-23-25-19(12-33-23)15-3-10-20-21(11-15)32-13-31-20/h1-12,27H,13H2,(H,25,26,28). The Morgan fingerprint density at radius 2 is 1.71 bits per heavy atom. The lowest BCUT2D eigenvalue weighted by molar-refractivity contribution is 0.102. The fourth-order valence-corrected chi connectivity index (χ4v) is 4.98. The molecule has 172 valence electrons. The van der Waals surface area contributed by atoms with Gasteiger partial charge in [0.2, 0.25) is 6.79 Å². The van der Waals surface area contributed by atoms with Crippen LogP contribution >= 0.6 is 11.3 Å². The average Bonchev–Trinajstić information content (AvgIpc) is 3.48. The van der Waals surface area contributed by atoms with Crippen molar-refractivity contribution in [3.8, 4) is 22.8 Å². The molecule has 1 aliphatic rings. The first-order valence-corrected chi connectivity index (χ1v) is 12.3. The Kier molecular flexibility index (Phi) is 5.64. The predicted molar refractivity (Wildman–Crippen MR) is 125 cm³/mol. The smallest absolute Gasteiger partial charge is 0.261 e. The topological polar surface area (TPSA) is 107 Å². The molecule has 2 N–H and O–H groups in total. The van der Waals surface area contributed by atoms with Gasteiger partial charge in [-0.2, -0.15) is 0 Å². The molecule has 1 aliphatic heterocycles. The normalized spacial score (nSPS) is 12.4. The number of aromatic nitrogens is 1. The molecule has 4 aromatic rings. The van der Waals surface area contributed by atoms with Crippen LogP contribution in [0.1, 0.15) is 10.4 Å². The van der Waals surface area contributed by atoms with E-state index < -0.39 is 15.8 Å². The van der Waals surface area contributed by atoms with Crippen molar-refractivity contribution in [2.75, 3.05) is 16.8 Å². The van der Waals surface area contributed by atoms with Gasteiger partial charge >= 0.3 is 0 Å². The van der Waals surface area contributed by atoms with Gasteiger partial charge in [-0.3, -0.25) is 14.8 Å². The van der Waals surface area contributed by atoms with Gasteiger partial charge in [-0.1, -0.05) is 0 Å². The van der Waals surface area contributed by atoms with Crippen molar-refractivity contribution in [2.24, 2.45) is 0 Å². The number of hydrogen-bond acceptors (Lipinski definition) is 7. The van der Waals surface area contributed by atoms with E-state index in [1.54, 1.807) is 6.07 Å². The van der Waals surface area contributed by atoms with Gasteiger partial charge in [-0.15, -0.1) is 11.3 Å². The van der Waals surface area contributed by atoms with Gasteiger partial charge in [0.1, 0.15) is 5.82 Å². The van der Waals surface area contributed by atoms with Crippen LogP contribution in [-0.4, -0.2) is 26.1 Å². The van der Waals surface area contributed by atoms with E-state index >= 15 is 0 Å². The van der Waals surface area contributed by atoms with E-state index in [0.29, 0.717) is 27.9 Å². The van der Waals surface area contributed by atoms with Crippen molar-refractivity contribution in [1.82, 2.24) is 4.98 Å². The van der Waals surface area contributed by atoms with Crippen molar-refractivity contribution >= 4 is 38.1 Å². The van der Waals surface area contributed by atoms with E-state index in [0.717, 1.165) is 17.7 Å². The van der Waals surface area contributed by atoms with E-state index in [9.17, 15) is 17.6 Å². The van der Waals surface area contributed by atoms with Crippen LogP contribution in [0.5, 0.6) is 11.5 Å². The number of sulfonamides is 1. The van der Waals surface area contributed by atoms with Crippen LogP contribution in [0.2, 0.25) is 0 Å². The molecule has 1 amide bonds. The average molecular weight is 498 g/mol. The number of fused-ring (bicyclic) bond motifs is 1. The first-order valence-electron chi connectivity index (χ1n) is 9.93. The number of carbonyl (C=O) groups excluding carboxylic acids is 1. The number of amides is 1. The monoisotopic (exact) mass is 497 g/mol. The maximum atomic E-state index is 13.0. The quantitative estimate of drug-likeness (QED) is 0.399. The minimum atomic E-state index is -3.88. The summed E-state index contributed by atoms with van der Waals surface area (Å²) < 4.78 is 51.0. The molecule has 0 bridgehead atoms. The van der Waals surface area contributed by atoms with Crippen LogP contribution in [0, 0.1) is 5.82 Å². The zero-order chi connectivity index (χ0) is 23.7. The molecule has 0 fully saturated rings. The van der Waals surface area contributed by atoms with E-state index in [-0.39, 0.29) is 23.3 Å². The molecule has 0 radical (unpaired) electrons. The van der Waals surface area contributed by atoms with Gasteiger partial charge in [0.05, 0.1) is 10.6 Å². The minimum Gasteiger partial charge on any atom is -0.454 e. The molecule has 3 aromatic carbocycles. The van der Waals surface area contributed by atoms with Gasteiger partial charge < -0.3 is 9.47 Å². The Labute approximate surface area is 198 Å². The Hall–Kier alpha value is -3.96. The molecule has 2 heterocycles. The highest BCUT2D eigenvalue weighted by Gasteiger charge is 2.17. The number of ether oxygens (including phenoxy) is 2. The summed E-state index contributed by atoms with van der Waals surface area (Å²) in [6, 6.07) is 15.9. The fourth-order valence-electron chi connectivity index (χ4n) is 3.21. The number of benzene rings is 3. The van der Waals surface area contributed by atoms with Gasteiger partial charge in [-0.05, 0) is 66.7 Å². The maximum absolute atomic E-state index is 13.0. The number of rotatable bonds is 6. The van der Waals surface area contributed by atoms with Crippen molar-refractivity contribution < 1.29 is 27.1 Å². The van der Waals surface area contributed by atoms with E-state index in [1.165, 1.54) is 47.7 Å². The predicted octanol–water partition coefficient (Wildman–Crippen LogP) is 4.73. The zero-order valence-corrected chi connectivity index (χ0v) is 19.0. The van der Waals surface area contributed by atoms with Crippen LogP contribution in [-0.2, 0) is 10.0 Å². The lowest BCUT2D eigenvalue weighted by Crippen LogP contribution is -2.14. The fraction of sp³-hybridized carbons (Fsp3) is 0.0435. The number of thiazole rings is 1. The summed E-state index contributed by atoms with van der Waals surface area (Å²) in [4.78, 5) is 17.0. The van der Waals surface area contributed by atoms with Crippen LogP contribution in [0.15, 0.2) is 77.0 Å². The summed E-state index contributed by atoms with van der Waals surface area (Å²) in [5.41, 5.74) is 2.10. The maximum Gasteiger partial charge on any atom is 0.261 e. The van der Waals surface area contributed by atoms with E-state index in [1.807, 2.05) is 17.5 Å². The number of nitrogens with one attached hydrogen (secondary N) is 2. The van der Waals surface area contributed by atoms with E-state index in [4.69, 9.17) is 9.47 Å². The number of anilines is 2. The van der Waals surface area contributed by atoms with Crippen LogP contribution in [0.25, 0.3) is 11.3 Å². The SMILES string of the molecule is O=C(Nc1nc(-c2ccc3c(c2)OCO3)cs1)c1ccc(NS(=O)(=O)c2ccc(F)cc2)cc1. The largest absolute Gasteiger partial charge is 0.454 e. The van der Waals surface area contributed by atoms with Gasteiger partial charge in [0, 0.05) is 22.2 Å². The highest BCUT2D eigenvalue weighted by Crippen LogP contribution is 2.36. The summed E-state index contributed by atoms with van der Waals surface area (Å²) in [6.45, 7) is 0.184. The summed E-state index contributed by atoms with van der Waals surface area (Å²) in [7, 11) is -3.88. The van der Waals surface area contributed by atoms with Crippen LogP contribution in [0.4, 0.5) is 15.2 Å². The Morgan fingerprint density at radius 3 is 2.47 bits per heavy atom. The van der Waals surface area contributed by atoms with Gasteiger partial charge in [0.15, 0.2) is 16.6 Å². The number of carbonyl (C=O) groups is 1. The highest BCUT2D eigenvalue weighted by atomic mass is 32.2. The van der Waals surface area contributed by atoms with Crippen molar-refractivity contribution in [3.05, 3.63) is 83.5 Å². The number of nitrogens with zero attached hydrogens (tertiary/aromatic N) is 1. The Morgan fingerprint density at radius 1 is 0.971 bits per heavy atom. The summed E-state index contributed by atoms with van der Waals surface area (Å²) in [5, 5.41) is 4.97. The molecule has 8 nitrogen and oxygen atoms in total. The van der Waals surface area contributed by atoms with Crippen molar-refractivity contribution in [1.29, 1.82) is 0 Å². The summed E-state index contributed by atoms with van der Waals surface area (Å²) in [6.07, 6.45) is 0. The molecule has 0 saturated heterocycles. The molecular formula is C23H16FN3O5S2. The highest BCUT2D eigenvalue weighted by molar-refractivity contribution is 7.92. The van der Waals surface area contributed by atoms with Crippen LogP contribution in [0.3, 0.4) is 0 Å². The van der Waals surface area contributed by atoms with Crippen molar-refractivity contribution in [3.63, 3.8) is 0 Å². The molecule has 34 heavy (non-hydrogen) atoms. The molecule has 0 aliphatic carbocycles. The third-order valence-electron chi connectivity index (χ3n) is 4.92. The van der Waals surface area contributed by atoms with E-state index in [2.05, 4.69) is 15.0 Å². The number of halogens is 1. The van der Waals surface area contributed by atoms with Gasteiger partial charge in [0.25, 0.3) is 15.9 Å². The van der Waals surface area contributed by atoms with Crippen LogP contribution < -0.4 is 19.5 Å². The third-order valence-corrected chi connectivity index (χ3v) is 7.07. The summed E-state index contributed by atoms with van der Waals surface area (Å²) in [5.74, 6) is 0.402. The summed E-state index contributed by atoms with van der Waals surface area (Å²) >= 11 is 1.28. The second kappa shape index (κ2) is 8.76. The van der Waals surface area contributed by atoms with Crippen molar-refractivity contribution in [2.45, 2.75) is 4.90 Å². The molecule has 1 aromatic heterocycles.